The van der Waals surface area contributed by atoms with Gasteiger partial charge >= 0.3 is 0 Å². The fraction of sp³-hybridized carbons (Fsp3) is 0.222. The second-order valence-electron chi connectivity index (χ2n) is 11.8. The minimum Gasteiger partial charge on any atom is -0.326 e. The summed E-state index contributed by atoms with van der Waals surface area (Å²) in [6.07, 6.45) is 5.29. The molecule has 1 fully saturated rings. The van der Waals surface area contributed by atoms with Crippen LogP contribution in [-0.4, -0.2) is 49.3 Å². The number of hydrogen-bond donors (Lipinski definition) is 2. The molecule has 2 N–H and O–H groups in total. The number of rotatable bonds is 9. The summed E-state index contributed by atoms with van der Waals surface area (Å²) in [4.78, 5) is 29.7. The molecule has 1 atom stereocenters. The topological polar surface area (TPSA) is 87.5 Å². The van der Waals surface area contributed by atoms with E-state index in [4.69, 9.17) is 9.97 Å². The largest absolute Gasteiger partial charge is 0.326 e. The Balaban J connectivity index is 1.15. The third-order valence-corrected chi connectivity index (χ3v) is 9.11. The smallest absolute Gasteiger partial charge is 0.228 e. The first-order valence-corrected chi connectivity index (χ1v) is 16.3. The summed E-state index contributed by atoms with van der Waals surface area (Å²) in [5, 5.41) is 10.4. The van der Waals surface area contributed by atoms with Crippen LogP contribution in [0.5, 0.6) is 0 Å². The van der Waals surface area contributed by atoms with E-state index in [0.717, 1.165) is 58.3 Å². The van der Waals surface area contributed by atoms with Gasteiger partial charge < -0.3 is 15.5 Å². The third-order valence-electron chi connectivity index (χ3n) is 8.38. The maximum atomic E-state index is 12.7. The predicted octanol–water partition coefficient (Wildman–Crippen LogP) is 7.64. The number of hydrogen-bond acceptors (Lipinski definition) is 7. The highest BCUT2D eigenvalue weighted by atomic mass is 32.1. The van der Waals surface area contributed by atoms with Crippen LogP contribution in [-0.2, 0) is 11.2 Å². The highest BCUT2D eigenvalue weighted by Gasteiger charge is 2.25. The molecule has 6 aromatic rings. The zero-order valence-electron chi connectivity index (χ0n) is 25.4. The van der Waals surface area contributed by atoms with Crippen LogP contribution in [0.25, 0.3) is 28.3 Å². The Labute approximate surface area is 266 Å². The Hall–Kier alpha value is -4.86. The molecule has 2 aromatic carbocycles. The lowest BCUT2D eigenvalue weighted by Crippen LogP contribution is -2.27. The number of nitrogens with zero attached hydrogens (tertiary/aromatic N) is 5. The van der Waals surface area contributed by atoms with Crippen molar-refractivity contribution in [2.24, 2.45) is 0 Å². The average molecular weight is 614 g/mol. The molecule has 45 heavy (non-hydrogen) atoms. The van der Waals surface area contributed by atoms with E-state index in [1.165, 1.54) is 12.0 Å². The zero-order valence-corrected chi connectivity index (χ0v) is 26.2. The zero-order chi connectivity index (χ0) is 30.8. The van der Waals surface area contributed by atoms with Crippen molar-refractivity contribution in [2.45, 2.75) is 38.6 Å². The van der Waals surface area contributed by atoms with E-state index >= 15 is 0 Å². The van der Waals surface area contributed by atoms with Crippen LogP contribution in [0.1, 0.15) is 37.3 Å². The van der Waals surface area contributed by atoms with Gasteiger partial charge in [0, 0.05) is 41.9 Å². The molecule has 9 heteroatoms. The molecule has 0 saturated carbocycles. The number of nitrogens with one attached hydrogen (secondary N) is 2. The second-order valence-corrected chi connectivity index (χ2v) is 12.5. The highest BCUT2D eigenvalue weighted by Crippen LogP contribution is 2.34. The minimum absolute atomic E-state index is 0.0545. The molecule has 0 aliphatic carbocycles. The van der Waals surface area contributed by atoms with Gasteiger partial charge in [-0.3, -0.25) is 9.20 Å². The van der Waals surface area contributed by atoms with Gasteiger partial charge in [-0.05, 0) is 103 Å². The van der Waals surface area contributed by atoms with Gasteiger partial charge in [-0.2, -0.15) is 11.3 Å². The number of fused-ring (bicyclic) bond motifs is 1. The van der Waals surface area contributed by atoms with Crippen LogP contribution in [0, 0.1) is 0 Å². The van der Waals surface area contributed by atoms with E-state index < -0.39 is 0 Å². The average Bonchev–Trinajstić information content (AvgIpc) is 3.82. The monoisotopic (exact) mass is 613 g/mol. The summed E-state index contributed by atoms with van der Waals surface area (Å²) >= 11 is 1.59. The summed E-state index contributed by atoms with van der Waals surface area (Å²) in [5.74, 6) is 1.03. The van der Waals surface area contributed by atoms with E-state index in [9.17, 15) is 4.79 Å². The van der Waals surface area contributed by atoms with Crippen molar-refractivity contribution < 1.29 is 4.79 Å². The number of amides is 1. The number of imidazole rings is 1. The molecule has 1 aliphatic heterocycles. The maximum absolute atomic E-state index is 12.7. The minimum atomic E-state index is -0.0545. The van der Waals surface area contributed by atoms with E-state index in [-0.39, 0.29) is 5.91 Å². The summed E-state index contributed by atoms with van der Waals surface area (Å²) in [5.41, 5.74) is 8.10. The van der Waals surface area contributed by atoms with Crippen LogP contribution in [0.3, 0.4) is 0 Å². The number of benzene rings is 2. The fourth-order valence-electron chi connectivity index (χ4n) is 6.02. The first-order valence-electron chi connectivity index (χ1n) is 15.3. The summed E-state index contributed by atoms with van der Waals surface area (Å²) in [6.45, 7) is 6.80. The molecule has 0 radical (unpaired) electrons. The lowest BCUT2D eigenvalue weighted by atomic mass is 9.98. The van der Waals surface area contributed by atoms with Crippen molar-refractivity contribution in [1.82, 2.24) is 24.3 Å². The predicted molar refractivity (Wildman–Crippen MR) is 182 cm³/mol. The first kappa shape index (κ1) is 28.9. The van der Waals surface area contributed by atoms with Crippen molar-refractivity contribution in [2.75, 3.05) is 23.7 Å². The molecule has 0 bridgehead atoms. The number of aromatic nitrogens is 4. The number of pyridine rings is 1. The van der Waals surface area contributed by atoms with Gasteiger partial charge in [-0.25, -0.2) is 15.0 Å². The van der Waals surface area contributed by atoms with Gasteiger partial charge in [-0.15, -0.1) is 0 Å². The Morgan fingerprint density at radius 2 is 1.89 bits per heavy atom. The van der Waals surface area contributed by atoms with Crippen molar-refractivity contribution in [3.63, 3.8) is 0 Å². The quantitative estimate of drug-likeness (QED) is 0.174. The van der Waals surface area contributed by atoms with Gasteiger partial charge in [0.2, 0.25) is 11.9 Å². The van der Waals surface area contributed by atoms with Gasteiger partial charge in [0.1, 0.15) is 5.65 Å². The number of carbonyl (C=O) groups is 1. The lowest BCUT2D eigenvalue weighted by molar-refractivity contribution is -0.115. The molecular formula is C36H35N7OS. The first-order chi connectivity index (χ1) is 22.0. The van der Waals surface area contributed by atoms with Crippen LogP contribution >= 0.6 is 11.3 Å². The van der Waals surface area contributed by atoms with Crippen LogP contribution in [0.2, 0.25) is 0 Å². The van der Waals surface area contributed by atoms with Gasteiger partial charge in [0.05, 0.1) is 23.5 Å². The molecule has 7 rings (SSSR count). The maximum Gasteiger partial charge on any atom is 0.228 e. The summed E-state index contributed by atoms with van der Waals surface area (Å²) < 4.78 is 2.04. The Morgan fingerprint density at radius 1 is 1.00 bits per heavy atom. The number of anilines is 3. The molecule has 8 nitrogen and oxygen atoms in total. The molecule has 1 aliphatic rings. The molecule has 4 aromatic heterocycles. The standard InChI is InChI=1S/C36H35N7OS/c1-24(2)42-18-14-28(22-42)26-9-11-29(12-10-26)39-36-37-16-13-31(40-36)35-34(41-32-8-3-4-17-43(32)35)27-6-5-7-30(21-27)38-33(44)20-25-15-19-45-23-25/h3-13,15-17,19,21,23-24,28H,14,18,20,22H2,1-2H3,(H,38,44)(H,37,39,40). The van der Waals surface area contributed by atoms with Crippen LogP contribution in [0.15, 0.2) is 102 Å². The molecule has 5 heterocycles. The highest BCUT2D eigenvalue weighted by molar-refractivity contribution is 7.08. The van der Waals surface area contributed by atoms with Gasteiger partial charge in [-0.1, -0.05) is 30.3 Å². The Morgan fingerprint density at radius 3 is 2.69 bits per heavy atom. The fourth-order valence-corrected chi connectivity index (χ4v) is 6.69. The van der Waals surface area contributed by atoms with Crippen LogP contribution < -0.4 is 10.6 Å². The number of thiophene rings is 1. The molecule has 1 amide bonds. The summed E-state index contributed by atoms with van der Waals surface area (Å²) in [7, 11) is 0. The van der Waals surface area contributed by atoms with Crippen LogP contribution in [0.4, 0.5) is 17.3 Å². The van der Waals surface area contributed by atoms with E-state index in [1.807, 2.05) is 76.0 Å². The molecule has 226 valence electrons. The summed E-state index contributed by atoms with van der Waals surface area (Å²) in [6, 6.07) is 26.9. The van der Waals surface area contributed by atoms with Gasteiger partial charge in [0.25, 0.3) is 0 Å². The lowest BCUT2D eigenvalue weighted by Gasteiger charge is -2.20. The SMILES string of the molecule is CC(C)N1CCC(c2ccc(Nc3nccc(-c4c(-c5cccc(NC(=O)Cc6ccsc6)c5)nc5ccccn45)n3)cc2)C1. The Bertz CT molecular complexity index is 1930. The normalized spacial score (nSPS) is 15.1. The van der Waals surface area contributed by atoms with Gasteiger partial charge in [0.15, 0.2) is 0 Å². The molecule has 1 unspecified atom stereocenters. The molecule has 0 spiro atoms. The number of carbonyl (C=O) groups excluding carboxylic acids is 1. The molecular weight excluding hydrogens is 579 g/mol. The van der Waals surface area contributed by atoms with Crippen molar-refractivity contribution >= 4 is 40.2 Å². The van der Waals surface area contributed by atoms with Crippen molar-refractivity contribution in [3.8, 4) is 22.6 Å². The van der Waals surface area contributed by atoms with E-state index in [2.05, 4.69) is 58.6 Å². The second kappa shape index (κ2) is 12.6. The van der Waals surface area contributed by atoms with E-state index in [0.29, 0.717) is 24.3 Å². The van der Waals surface area contributed by atoms with Crippen molar-refractivity contribution in [1.29, 1.82) is 0 Å². The Kier molecular flexibility index (Phi) is 8.11. The molecule has 1 saturated heterocycles. The third kappa shape index (κ3) is 6.36. The number of likely N-dealkylation sites (tertiary alicyclic amines) is 1. The van der Waals surface area contributed by atoms with E-state index in [1.54, 1.807) is 17.5 Å². The van der Waals surface area contributed by atoms with Crippen molar-refractivity contribution in [3.05, 3.63) is 113 Å².